The zero-order valence-electron chi connectivity index (χ0n) is 18.2. The molecule has 0 aromatic heterocycles. The normalized spacial score (nSPS) is 12.2. The molecule has 0 amide bonds. The lowest BCUT2D eigenvalue weighted by molar-refractivity contribution is 0.179. The average molecular weight is 339 g/mol. The van der Waals surface area contributed by atoms with Gasteiger partial charge in [0, 0.05) is 0 Å². The summed E-state index contributed by atoms with van der Waals surface area (Å²) in [7, 11) is 0. The number of hydrogen-bond donors (Lipinski definition) is 0. The minimum atomic E-state index is 0.991. The number of rotatable bonds is 17. The molecule has 0 bridgehead atoms. The molecule has 0 unspecified atom stereocenters. The quantitative estimate of drug-likeness (QED) is 0.248. The minimum Gasteiger partial charge on any atom is -0.0654 e. The second-order valence-corrected chi connectivity index (χ2v) is 8.46. The van der Waals surface area contributed by atoms with E-state index in [2.05, 4.69) is 41.5 Å². The van der Waals surface area contributed by atoms with Crippen LogP contribution in [0, 0.1) is 23.7 Å². The lowest BCUT2D eigenvalue weighted by Crippen LogP contribution is -2.22. The van der Waals surface area contributed by atoms with Gasteiger partial charge >= 0.3 is 0 Å². The van der Waals surface area contributed by atoms with Crippen molar-refractivity contribution in [1.29, 1.82) is 0 Å². The van der Waals surface area contributed by atoms with Crippen LogP contribution in [0.1, 0.15) is 131 Å². The van der Waals surface area contributed by atoms with Crippen molar-refractivity contribution in [3.8, 4) is 0 Å². The summed E-state index contributed by atoms with van der Waals surface area (Å²) < 4.78 is 0. The largest absolute Gasteiger partial charge is 0.0654 e. The van der Waals surface area contributed by atoms with Crippen LogP contribution in [0.2, 0.25) is 0 Å². The van der Waals surface area contributed by atoms with Crippen molar-refractivity contribution in [3.05, 3.63) is 0 Å². The van der Waals surface area contributed by atoms with Crippen LogP contribution in [0.5, 0.6) is 0 Å². The molecule has 0 aromatic carbocycles. The zero-order chi connectivity index (χ0) is 18.2. The molecule has 0 spiro atoms. The van der Waals surface area contributed by atoms with E-state index in [9.17, 15) is 0 Å². The maximum absolute atomic E-state index is 2.39. The molecule has 24 heavy (non-hydrogen) atoms. The molecule has 0 N–H and O–H groups in total. The smallest absolute Gasteiger partial charge is 0.0381 e. The zero-order valence-corrected chi connectivity index (χ0v) is 18.2. The molecule has 0 aliphatic carbocycles. The Bertz CT molecular complexity index is 208. The van der Waals surface area contributed by atoms with Gasteiger partial charge < -0.3 is 0 Å². The Morgan fingerprint density at radius 1 is 0.375 bits per heavy atom. The second kappa shape index (κ2) is 16.5. The van der Waals surface area contributed by atoms with Crippen LogP contribution in [0.4, 0.5) is 0 Å². The topological polar surface area (TPSA) is 0 Å². The van der Waals surface area contributed by atoms with E-state index in [0.717, 1.165) is 23.7 Å². The van der Waals surface area contributed by atoms with E-state index in [0.29, 0.717) is 0 Å². The fraction of sp³-hybridized carbons (Fsp3) is 1.00. The molecule has 0 heterocycles. The highest BCUT2D eigenvalue weighted by Gasteiger charge is 2.26. The van der Waals surface area contributed by atoms with Crippen LogP contribution in [-0.2, 0) is 0 Å². The van der Waals surface area contributed by atoms with Gasteiger partial charge in [-0.25, -0.2) is 0 Å². The summed E-state index contributed by atoms with van der Waals surface area (Å²) in [6, 6.07) is 0. The van der Waals surface area contributed by atoms with Gasteiger partial charge in [-0.15, -0.1) is 0 Å². The Hall–Kier alpha value is 0. The summed E-state index contributed by atoms with van der Waals surface area (Å²) in [6.45, 7) is 14.3. The molecule has 0 fully saturated rings. The van der Waals surface area contributed by atoms with Gasteiger partial charge in [0.05, 0.1) is 0 Å². The van der Waals surface area contributed by atoms with Crippen LogP contribution in [0.15, 0.2) is 0 Å². The molecule has 0 aromatic rings. The first kappa shape index (κ1) is 24.0. The van der Waals surface area contributed by atoms with Gasteiger partial charge in [0.25, 0.3) is 0 Å². The van der Waals surface area contributed by atoms with Crippen molar-refractivity contribution in [2.24, 2.45) is 23.7 Å². The first-order valence-electron chi connectivity index (χ1n) is 11.7. The molecule has 0 saturated heterocycles. The SMILES string of the molecule is CCCC(CCC)CC(CC(CCC)CCC)C(CCC)CCC. The monoisotopic (exact) mass is 338 g/mol. The Morgan fingerprint density at radius 2 is 0.667 bits per heavy atom. The highest BCUT2D eigenvalue weighted by molar-refractivity contribution is 4.77. The molecule has 0 aliphatic rings. The lowest BCUT2D eigenvalue weighted by atomic mass is 9.72. The second-order valence-electron chi connectivity index (χ2n) is 8.46. The Balaban J connectivity index is 5.06. The van der Waals surface area contributed by atoms with E-state index in [1.807, 2.05) is 0 Å². The van der Waals surface area contributed by atoms with Gasteiger partial charge in [0.15, 0.2) is 0 Å². The third-order valence-corrected chi connectivity index (χ3v) is 6.05. The van der Waals surface area contributed by atoms with Crippen molar-refractivity contribution in [2.75, 3.05) is 0 Å². The van der Waals surface area contributed by atoms with Crippen molar-refractivity contribution in [2.45, 2.75) is 131 Å². The molecule has 0 aliphatic heterocycles. The van der Waals surface area contributed by atoms with E-state index in [-0.39, 0.29) is 0 Å². The Morgan fingerprint density at radius 3 is 0.917 bits per heavy atom. The van der Waals surface area contributed by atoms with Crippen molar-refractivity contribution >= 4 is 0 Å². The van der Waals surface area contributed by atoms with E-state index in [1.54, 1.807) is 0 Å². The molecular formula is C24H50. The third kappa shape index (κ3) is 10.8. The predicted octanol–water partition coefficient (Wildman–Crippen LogP) is 9.03. The Kier molecular flexibility index (Phi) is 16.5. The number of hydrogen-bond acceptors (Lipinski definition) is 0. The maximum atomic E-state index is 2.39. The van der Waals surface area contributed by atoms with Gasteiger partial charge in [-0.1, -0.05) is 119 Å². The van der Waals surface area contributed by atoms with Crippen LogP contribution in [0.25, 0.3) is 0 Å². The highest BCUT2D eigenvalue weighted by Crippen LogP contribution is 2.37. The molecule has 0 heteroatoms. The highest BCUT2D eigenvalue weighted by atomic mass is 14.3. The van der Waals surface area contributed by atoms with E-state index in [1.165, 1.54) is 89.9 Å². The van der Waals surface area contributed by atoms with Gasteiger partial charge in [-0.3, -0.25) is 0 Å². The lowest BCUT2D eigenvalue weighted by Gasteiger charge is -2.33. The predicted molar refractivity (Wildman–Crippen MR) is 113 cm³/mol. The fourth-order valence-corrected chi connectivity index (χ4v) is 5.09. The summed E-state index contributed by atoms with van der Waals surface area (Å²) in [5, 5.41) is 0. The molecular weight excluding hydrogens is 288 g/mol. The van der Waals surface area contributed by atoms with Gasteiger partial charge in [0.1, 0.15) is 0 Å². The Labute approximate surface area is 155 Å². The average Bonchev–Trinajstić information content (AvgIpc) is 2.55. The molecule has 0 nitrogen and oxygen atoms in total. The van der Waals surface area contributed by atoms with Crippen LogP contribution in [-0.4, -0.2) is 0 Å². The van der Waals surface area contributed by atoms with Gasteiger partial charge in [0.2, 0.25) is 0 Å². The molecule has 0 rings (SSSR count). The van der Waals surface area contributed by atoms with Gasteiger partial charge in [-0.2, -0.15) is 0 Å². The summed E-state index contributed by atoms with van der Waals surface area (Å²) in [4.78, 5) is 0. The summed E-state index contributed by atoms with van der Waals surface area (Å²) in [6.07, 6.45) is 20.1. The molecule has 0 radical (unpaired) electrons. The minimum absolute atomic E-state index is 0.991. The fourth-order valence-electron chi connectivity index (χ4n) is 5.09. The van der Waals surface area contributed by atoms with E-state index >= 15 is 0 Å². The van der Waals surface area contributed by atoms with Crippen molar-refractivity contribution < 1.29 is 0 Å². The van der Waals surface area contributed by atoms with Crippen molar-refractivity contribution in [1.82, 2.24) is 0 Å². The van der Waals surface area contributed by atoms with Crippen molar-refractivity contribution in [3.63, 3.8) is 0 Å². The van der Waals surface area contributed by atoms with Crippen LogP contribution in [0.3, 0.4) is 0 Å². The van der Waals surface area contributed by atoms with Crippen LogP contribution < -0.4 is 0 Å². The standard InChI is InChI=1S/C24H50/c1-7-13-21(14-8-2)19-24(23(17-11-5)18-12-6)20-22(15-9-3)16-10-4/h21-24H,7-20H2,1-6H3. The molecule has 0 atom stereocenters. The third-order valence-electron chi connectivity index (χ3n) is 6.05. The van der Waals surface area contributed by atoms with E-state index < -0.39 is 0 Å². The van der Waals surface area contributed by atoms with Crippen LogP contribution >= 0.6 is 0 Å². The molecule has 0 saturated carbocycles. The van der Waals surface area contributed by atoms with Gasteiger partial charge in [-0.05, 0) is 36.5 Å². The molecule has 146 valence electrons. The summed E-state index contributed by atoms with van der Waals surface area (Å²) in [5.74, 6) is 3.97. The maximum Gasteiger partial charge on any atom is -0.0381 e. The summed E-state index contributed by atoms with van der Waals surface area (Å²) >= 11 is 0. The first-order chi connectivity index (χ1) is 11.7. The first-order valence-corrected chi connectivity index (χ1v) is 11.7. The van der Waals surface area contributed by atoms with E-state index in [4.69, 9.17) is 0 Å². The summed E-state index contributed by atoms with van der Waals surface area (Å²) in [5.41, 5.74) is 0.